The molecule has 0 aromatic carbocycles. The average Bonchev–Trinajstić information content (AvgIpc) is 2.66. The summed E-state index contributed by atoms with van der Waals surface area (Å²) in [4.78, 5) is 4.25. The molecule has 0 aliphatic heterocycles. The van der Waals surface area contributed by atoms with Crippen LogP contribution in [0.3, 0.4) is 0 Å². The summed E-state index contributed by atoms with van der Waals surface area (Å²) in [6, 6.07) is 1.99. The molecule has 0 radical (unpaired) electrons. The molecule has 1 heterocycles. The summed E-state index contributed by atoms with van der Waals surface area (Å²) in [6.07, 6.45) is 9.17. The molecule has 1 aromatic rings. The zero-order chi connectivity index (χ0) is 13.0. The maximum absolute atomic E-state index is 8.91. The van der Waals surface area contributed by atoms with E-state index < -0.39 is 0 Å². The van der Waals surface area contributed by atoms with Crippen molar-refractivity contribution in [2.24, 2.45) is 23.2 Å². The van der Waals surface area contributed by atoms with Gasteiger partial charge in [-0.1, -0.05) is 0 Å². The van der Waals surface area contributed by atoms with E-state index in [1.54, 1.807) is 0 Å². The highest BCUT2D eigenvalue weighted by molar-refractivity contribution is 5.40. The molecule has 4 saturated carbocycles. The zero-order valence-corrected chi connectivity index (χ0v) is 11.1. The van der Waals surface area contributed by atoms with Gasteiger partial charge in [-0.05, 0) is 61.7 Å². The number of hydrogen-bond acceptors (Lipinski definition) is 4. The van der Waals surface area contributed by atoms with Gasteiger partial charge in [-0.3, -0.25) is 0 Å². The second kappa shape index (κ2) is 3.75. The molecule has 0 saturated heterocycles. The van der Waals surface area contributed by atoms with Crippen molar-refractivity contribution in [1.82, 2.24) is 4.98 Å². The molecule has 2 N–H and O–H groups in total. The highest BCUT2D eigenvalue weighted by atomic mass is 16.4. The Morgan fingerprint density at radius 1 is 1.21 bits per heavy atom. The van der Waals surface area contributed by atoms with E-state index >= 15 is 0 Å². The van der Waals surface area contributed by atoms with Crippen molar-refractivity contribution in [2.75, 3.05) is 5.73 Å². The monoisotopic (exact) mass is 257 g/mol. The molecule has 19 heavy (non-hydrogen) atoms. The third-order valence-electron chi connectivity index (χ3n) is 5.49. The van der Waals surface area contributed by atoms with Crippen LogP contribution in [0.2, 0.25) is 0 Å². The van der Waals surface area contributed by atoms with Crippen LogP contribution in [-0.2, 0) is 6.42 Å². The lowest BCUT2D eigenvalue weighted by molar-refractivity contribution is -0.0550. The Bertz CT molecular complexity index is 519. The van der Waals surface area contributed by atoms with Gasteiger partial charge >= 0.3 is 0 Å². The topological polar surface area (TPSA) is 75.8 Å². The number of nitriles is 1. The molecule has 0 amide bonds. The van der Waals surface area contributed by atoms with Crippen molar-refractivity contribution in [3.8, 4) is 6.07 Å². The highest BCUT2D eigenvalue weighted by Gasteiger charge is 2.51. The van der Waals surface area contributed by atoms with Crippen LogP contribution in [0, 0.1) is 34.5 Å². The molecule has 0 atom stereocenters. The zero-order valence-electron chi connectivity index (χ0n) is 11.1. The first kappa shape index (κ1) is 11.3. The number of oxazole rings is 1. The van der Waals surface area contributed by atoms with E-state index in [2.05, 4.69) is 4.98 Å². The lowest BCUT2D eigenvalue weighted by Crippen LogP contribution is -2.47. The second-order valence-corrected chi connectivity index (χ2v) is 7.03. The Labute approximate surface area is 113 Å². The summed E-state index contributed by atoms with van der Waals surface area (Å²) in [5.41, 5.74) is 6.30. The quantitative estimate of drug-likeness (QED) is 0.883. The van der Waals surface area contributed by atoms with Crippen molar-refractivity contribution < 1.29 is 4.42 Å². The Morgan fingerprint density at radius 2 is 1.79 bits per heavy atom. The Balaban J connectivity index is 1.60. The van der Waals surface area contributed by atoms with Crippen LogP contribution >= 0.6 is 0 Å². The maximum atomic E-state index is 8.91. The summed E-state index contributed by atoms with van der Waals surface area (Å²) >= 11 is 0. The van der Waals surface area contributed by atoms with Gasteiger partial charge in [-0.2, -0.15) is 5.26 Å². The molecule has 4 aliphatic rings. The van der Waals surface area contributed by atoms with E-state index in [4.69, 9.17) is 15.4 Å². The number of nitrogen functional groups attached to an aromatic ring is 1. The van der Waals surface area contributed by atoms with Gasteiger partial charge in [-0.25, -0.2) is 4.98 Å². The minimum Gasteiger partial charge on any atom is -0.424 e. The van der Waals surface area contributed by atoms with Gasteiger partial charge in [0.1, 0.15) is 6.07 Å². The van der Waals surface area contributed by atoms with Crippen molar-refractivity contribution in [2.45, 2.75) is 44.9 Å². The minimum atomic E-state index is 0.183. The number of nitrogens with two attached hydrogens (primary N) is 1. The largest absolute Gasteiger partial charge is 0.424 e. The smallest absolute Gasteiger partial charge is 0.229 e. The number of hydrogen-bond donors (Lipinski definition) is 1. The average molecular weight is 257 g/mol. The van der Waals surface area contributed by atoms with Gasteiger partial charge in [0.05, 0.1) is 0 Å². The summed E-state index contributed by atoms with van der Waals surface area (Å²) in [7, 11) is 0. The van der Waals surface area contributed by atoms with Crippen molar-refractivity contribution in [1.29, 1.82) is 5.26 Å². The van der Waals surface area contributed by atoms with Gasteiger partial charge in [0.2, 0.25) is 11.6 Å². The SMILES string of the molecule is N#Cc1nc(CC23CC4CC(CC(C4)C2)C3)oc1N. The van der Waals surface area contributed by atoms with Crippen LogP contribution in [0.5, 0.6) is 0 Å². The number of nitrogens with zero attached hydrogens (tertiary/aromatic N) is 2. The van der Waals surface area contributed by atoms with Crippen LogP contribution in [0.25, 0.3) is 0 Å². The Morgan fingerprint density at radius 3 is 2.26 bits per heavy atom. The summed E-state index contributed by atoms with van der Waals surface area (Å²) in [5.74, 6) is 3.63. The standard InChI is InChI=1S/C15H19N3O/c16-8-12-14(17)19-13(18-12)7-15-4-9-1-10(5-15)3-11(2-9)6-15/h9-11H,1-7,17H2. The first-order valence-electron chi connectivity index (χ1n) is 7.31. The van der Waals surface area contributed by atoms with Crippen LogP contribution in [0.1, 0.15) is 50.1 Å². The molecule has 4 nitrogen and oxygen atoms in total. The second-order valence-electron chi connectivity index (χ2n) is 7.03. The predicted octanol–water partition coefficient (Wildman–Crippen LogP) is 2.89. The molecular weight excluding hydrogens is 238 g/mol. The molecule has 1 aromatic heterocycles. The normalized spacial score (nSPS) is 39.4. The number of aromatic nitrogens is 1. The molecular formula is C15H19N3O. The van der Waals surface area contributed by atoms with E-state index in [0.29, 0.717) is 11.3 Å². The molecule has 0 unspecified atom stereocenters. The van der Waals surface area contributed by atoms with Crippen LogP contribution in [0.15, 0.2) is 4.42 Å². The third kappa shape index (κ3) is 1.75. The van der Waals surface area contributed by atoms with Crippen LogP contribution in [0.4, 0.5) is 5.88 Å². The summed E-state index contributed by atoms with van der Waals surface area (Å²) in [5, 5.41) is 8.91. The highest BCUT2D eigenvalue weighted by Crippen LogP contribution is 2.61. The molecule has 4 fully saturated rings. The molecule has 0 spiro atoms. The van der Waals surface area contributed by atoms with Gasteiger partial charge in [0.15, 0.2) is 5.89 Å². The van der Waals surface area contributed by atoms with Crippen molar-refractivity contribution in [3.63, 3.8) is 0 Å². The van der Waals surface area contributed by atoms with Crippen LogP contribution in [-0.4, -0.2) is 4.98 Å². The fraction of sp³-hybridized carbons (Fsp3) is 0.733. The Kier molecular flexibility index (Phi) is 2.24. The fourth-order valence-corrected chi connectivity index (χ4v) is 5.36. The molecule has 100 valence electrons. The van der Waals surface area contributed by atoms with Gasteiger partial charge in [-0.15, -0.1) is 0 Å². The lowest BCUT2D eigenvalue weighted by Gasteiger charge is -2.56. The van der Waals surface area contributed by atoms with E-state index in [-0.39, 0.29) is 11.6 Å². The molecule has 4 aliphatic carbocycles. The Hall–Kier alpha value is -1.50. The van der Waals surface area contributed by atoms with Gasteiger partial charge in [0.25, 0.3) is 0 Å². The minimum absolute atomic E-state index is 0.183. The first-order valence-corrected chi connectivity index (χ1v) is 7.31. The molecule has 4 heteroatoms. The van der Waals surface area contributed by atoms with E-state index in [0.717, 1.165) is 24.2 Å². The fourth-order valence-electron chi connectivity index (χ4n) is 5.36. The van der Waals surface area contributed by atoms with Crippen molar-refractivity contribution >= 4 is 5.88 Å². The lowest BCUT2D eigenvalue weighted by atomic mass is 9.49. The van der Waals surface area contributed by atoms with Crippen LogP contribution < -0.4 is 5.73 Å². The van der Waals surface area contributed by atoms with Gasteiger partial charge < -0.3 is 10.2 Å². The van der Waals surface area contributed by atoms with E-state index in [1.165, 1.54) is 38.5 Å². The van der Waals surface area contributed by atoms with Crippen molar-refractivity contribution in [3.05, 3.63) is 11.6 Å². The molecule has 5 rings (SSSR count). The van der Waals surface area contributed by atoms with E-state index in [1.807, 2.05) is 6.07 Å². The predicted molar refractivity (Wildman–Crippen MR) is 69.9 cm³/mol. The first-order chi connectivity index (χ1) is 9.16. The molecule has 4 bridgehead atoms. The summed E-state index contributed by atoms with van der Waals surface area (Å²) in [6.45, 7) is 0. The number of rotatable bonds is 2. The summed E-state index contributed by atoms with van der Waals surface area (Å²) < 4.78 is 5.49. The van der Waals surface area contributed by atoms with E-state index in [9.17, 15) is 0 Å². The van der Waals surface area contributed by atoms with Gasteiger partial charge in [0, 0.05) is 6.42 Å². The third-order valence-corrected chi connectivity index (χ3v) is 5.49. The maximum Gasteiger partial charge on any atom is 0.229 e. The number of anilines is 1.